The van der Waals surface area contributed by atoms with Crippen molar-refractivity contribution in [1.29, 1.82) is 0 Å². The van der Waals surface area contributed by atoms with Gasteiger partial charge in [0.2, 0.25) is 0 Å². The predicted octanol–water partition coefficient (Wildman–Crippen LogP) is 5.63. The summed E-state index contributed by atoms with van der Waals surface area (Å²) in [5.41, 5.74) is 0.670. The van der Waals surface area contributed by atoms with E-state index in [2.05, 4.69) is 0 Å². The summed E-state index contributed by atoms with van der Waals surface area (Å²) >= 11 is 0. The number of Topliss-reactive ketones (excluding diaryl/α,β-unsaturated/α-hetero) is 2. The van der Waals surface area contributed by atoms with Crippen LogP contribution in [0.5, 0.6) is 0 Å². The molecule has 162 valence electrons. The lowest BCUT2D eigenvalue weighted by Gasteiger charge is -2.27. The molecule has 4 nitrogen and oxygen atoms in total. The maximum absolute atomic E-state index is 13.2. The quantitative estimate of drug-likeness (QED) is 0.435. The molecule has 30 heavy (non-hydrogen) atoms. The minimum atomic E-state index is -4.52. The SMILES string of the molecule is CC1=C(C)C(=O)C(C(CCCCCC(=O)O)c2cccc(C(F)(F)F)c2)=C(C)C1=O. The van der Waals surface area contributed by atoms with E-state index in [1.54, 1.807) is 13.8 Å². The molecule has 0 amide bonds. The summed E-state index contributed by atoms with van der Waals surface area (Å²) in [6.07, 6.45) is -2.65. The molecule has 0 fully saturated rings. The molecular weight excluding hydrogens is 397 g/mol. The largest absolute Gasteiger partial charge is 0.481 e. The van der Waals surface area contributed by atoms with Crippen molar-refractivity contribution in [2.24, 2.45) is 0 Å². The lowest BCUT2D eigenvalue weighted by molar-refractivity contribution is -0.138. The Balaban J connectivity index is 2.43. The number of carbonyl (C=O) groups is 3. The Morgan fingerprint density at radius 3 is 2.20 bits per heavy atom. The first-order valence-electron chi connectivity index (χ1n) is 9.81. The first-order valence-corrected chi connectivity index (χ1v) is 9.81. The number of carbonyl (C=O) groups excluding carboxylic acids is 2. The second kappa shape index (κ2) is 9.41. The molecule has 1 aromatic rings. The van der Waals surface area contributed by atoms with Crippen molar-refractivity contribution < 1.29 is 32.7 Å². The standard InChI is InChI=1S/C23H25F3O4/c1-13-14(2)22(30)20(15(3)21(13)29)18(10-5-4-6-11-19(27)28)16-8-7-9-17(12-16)23(24,25)26/h7-9,12,18H,4-6,10-11H2,1-3H3,(H,27,28). The minimum absolute atomic E-state index is 0.00834. The highest BCUT2D eigenvalue weighted by Gasteiger charge is 2.35. The third-order valence-corrected chi connectivity index (χ3v) is 5.58. The molecule has 7 heteroatoms. The number of aliphatic carboxylic acids is 1. The summed E-state index contributed by atoms with van der Waals surface area (Å²) in [5.74, 6) is -2.17. The van der Waals surface area contributed by atoms with Gasteiger partial charge in [-0.3, -0.25) is 14.4 Å². The fraction of sp³-hybridized carbons (Fsp3) is 0.435. The normalized spacial score (nSPS) is 16.3. The van der Waals surface area contributed by atoms with Crippen molar-refractivity contribution in [3.63, 3.8) is 0 Å². The Bertz CT molecular complexity index is 923. The molecule has 0 saturated heterocycles. The van der Waals surface area contributed by atoms with Gasteiger partial charge in [-0.05, 0) is 45.2 Å². The van der Waals surface area contributed by atoms with Crippen molar-refractivity contribution in [3.05, 3.63) is 57.7 Å². The van der Waals surface area contributed by atoms with Gasteiger partial charge in [-0.15, -0.1) is 0 Å². The van der Waals surface area contributed by atoms with Gasteiger partial charge in [-0.1, -0.05) is 31.0 Å². The van der Waals surface area contributed by atoms with Crippen molar-refractivity contribution in [2.45, 2.75) is 65.0 Å². The fourth-order valence-corrected chi connectivity index (χ4v) is 3.75. The zero-order valence-corrected chi connectivity index (χ0v) is 17.2. The molecule has 0 aromatic heterocycles. The third kappa shape index (κ3) is 5.26. The van der Waals surface area contributed by atoms with Crippen LogP contribution in [0.25, 0.3) is 0 Å². The van der Waals surface area contributed by atoms with Gasteiger partial charge in [-0.2, -0.15) is 13.2 Å². The molecule has 1 unspecified atom stereocenters. The van der Waals surface area contributed by atoms with Crippen LogP contribution in [0, 0.1) is 0 Å². The van der Waals surface area contributed by atoms with E-state index >= 15 is 0 Å². The van der Waals surface area contributed by atoms with E-state index in [4.69, 9.17) is 5.11 Å². The van der Waals surface area contributed by atoms with Gasteiger partial charge in [0.25, 0.3) is 0 Å². The van der Waals surface area contributed by atoms with Gasteiger partial charge in [0, 0.05) is 34.6 Å². The monoisotopic (exact) mass is 422 g/mol. The van der Waals surface area contributed by atoms with Crippen LogP contribution in [0.2, 0.25) is 0 Å². The molecule has 0 aliphatic heterocycles. The number of hydrogen-bond donors (Lipinski definition) is 1. The maximum Gasteiger partial charge on any atom is 0.416 e. The van der Waals surface area contributed by atoms with E-state index in [1.807, 2.05) is 0 Å². The summed E-state index contributed by atoms with van der Waals surface area (Å²) in [6.45, 7) is 4.66. The van der Waals surface area contributed by atoms with E-state index < -0.39 is 23.6 Å². The molecule has 0 spiro atoms. The Morgan fingerprint density at radius 1 is 0.967 bits per heavy atom. The van der Waals surface area contributed by atoms with Crippen molar-refractivity contribution in [1.82, 2.24) is 0 Å². The molecule has 0 heterocycles. The number of rotatable bonds is 8. The van der Waals surface area contributed by atoms with Gasteiger partial charge in [0.05, 0.1) is 5.56 Å². The molecule has 1 aromatic carbocycles. The van der Waals surface area contributed by atoms with Crippen LogP contribution in [0.15, 0.2) is 46.6 Å². The summed E-state index contributed by atoms with van der Waals surface area (Å²) in [6, 6.07) is 4.84. The predicted molar refractivity (Wildman–Crippen MR) is 106 cm³/mol. The van der Waals surface area contributed by atoms with Gasteiger partial charge < -0.3 is 5.11 Å². The van der Waals surface area contributed by atoms with Crippen LogP contribution in [0.1, 0.15) is 69.9 Å². The van der Waals surface area contributed by atoms with Gasteiger partial charge in [0.15, 0.2) is 11.6 Å². The van der Waals surface area contributed by atoms with Crippen molar-refractivity contribution in [2.75, 3.05) is 0 Å². The molecular formula is C23H25F3O4. The zero-order chi connectivity index (χ0) is 22.6. The molecule has 2 rings (SSSR count). The lowest BCUT2D eigenvalue weighted by atomic mass is 9.75. The van der Waals surface area contributed by atoms with Crippen LogP contribution in [0.3, 0.4) is 0 Å². The Labute approximate surface area is 173 Å². The number of hydrogen-bond acceptors (Lipinski definition) is 3. The summed E-state index contributed by atoms with van der Waals surface area (Å²) < 4.78 is 39.7. The first kappa shape index (κ1) is 23.6. The Kier molecular flexibility index (Phi) is 7.39. The lowest BCUT2D eigenvalue weighted by Crippen LogP contribution is -2.25. The second-order valence-electron chi connectivity index (χ2n) is 7.62. The summed E-state index contributed by atoms with van der Waals surface area (Å²) in [7, 11) is 0. The van der Waals surface area contributed by atoms with Crippen LogP contribution >= 0.6 is 0 Å². The van der Waals surface area contributed by atoms with E-state index in [1.165, 1.54) is 19.1 Å². The number of halogens is 3. The maximum atomic E-state index is 13.2. The fourth-order valence-electron chi connectivity index (χ4n) is 3.75. The highest BCUT2D eigenvalue weighted by Crippen LogP contribution is 2.39. The zero-order valence-electron chi connectivity index (χ0n) is 17.2. The number of unbranched alkanes of at least 4 members (excludes halogenated alkanes) is 2. The Morgan fingerprint density at radius 2 is 1.60 bits per heavy atom. The van der Waals surface area contributed by atoms with Gasteiger partial charge >= 0.3 is 12.1 Å². The highest BCUT2D eigenvalue weighted by molar-refractivity contribution is 6.25. The average Bonchev–Trinajstić information content (AvgIpc) is 2.68. The van der Waals surface area contributed by atoms with Crippen LogP contribution in [-0.2, 0) is 20.6 Å². The molecule has 1 aliphatic carbocycles. The van der Waals surface area contributed by atoms with Crippen LogP contribution in [-0.4, -0.2) is 22.6 Å². The summed E-state index contributed by atoms with van der Waals surface area (Å²) in [4.78, 5) is 36.3. The molecule has 0 saturated carbocycles. The number of carboxylic acid groups (broad SMARTS) is 1. The van der Waals surface area contributed by atoms with E-state index in [0.29, 0.717) is 42.4 Å². The van der Waals surface area contributed by atoms with E-state index in [9.17, 15) is 27.6 Å². The third-order valence-electron chi connectivity index (χ3n) is 5.58. The van der Waals surface area contributed by atoms with Gasteiger partial charge in [-0.25, -0.2) is 0 Å². The van der Waals surface area contributed by atoms with E-state index in [0.717, 1.165) is 12.1 Å². The van der Waals surface area contributed by atoms with Crippen LogP contribution < -0.4 is 0 Å². The topological polar surface area (TPSA) is 71.4 Å². The molecule has 1 aliphatic rings. The van der Waals surface area contributed by atoms with Gasteiger partial charge in [0.1, 0.15) is 0 Å². The smallest absolute Gasteiger partial charge is 0.416 e. The molecule has 1 N–H and O–H groups in total. The second-order valence-corrected chi connectivity index (χ2v) is 7.62. The minimum Gasteiger partial charge on any atom is -0.481 e. The number of ketones is 2. The molecule has 1 atom stereocenters. The van der Waals surface area contributed by atoms with E-state index in [-0.39, 0.29) is 29.1 Å². The van der Waals surface area contributed by atoms with Crippen molar-refractivity contribution in [3.8, 4) is 0 Å². The number of carboxylic acids is 1. The summed E-state index contributed by atoms with van der Waals surface area (Å²) in [5, 5.41) is 8.76. The van der Waals surface area contributed by atoms with Crippen LogP contribution in [0.4, 0.5) is 13.2 Å². The number of allylic oxidation sites excluding steroid dienone is 4. The Hall–Kier alpha value is -2.70. The highest BCUT2D eigenvalue weighted by atomic mass is 19.4. The molecule has 0 bridgehead atoms. The average molecular weight is 422 g/mol. The first-order chi connectivity index (χ1) is 13.9. The van der Waals surface area contributed by atoms with Crippen molar-refractivity contribution >= 4 is 17.5 Å². The number of alkyl halides is 3. The number of benzene rings is 1. The molecule has 0 radical (unpaired) electrons.